The lowest BCUT2D eigenvalue weighted by atomic mass is 10.1. The van der Waals surface area contributed by atoms with Crippen molar-refractivity contribution in [2.75, 3.05) is 5.32 Å². The predicted octanol–water partition coefficient (Wildman–Crippen LogP) is 5.97. The number of aromatic amines is 1. The van der Waals surface area contributed by atoms with Gasteiger partial charge in [-0.15, -0.1) is 0 Å². The average molecular weight is 443 g/mol. The number of pyridine rings is 1. The van der Waals surface area contributed by atoms with E-state index in [0.717, 1.165) is 16.1 Å². The third-order valence-corrected chi connectivity index (χ3v) is 4.47. The molecule has 0 bridgehead atoms. The Morgan fingerprint density at radius 1 is 1.12 bits per heavy atom. The van der Waals surface area contributed by atoms with Gasteiger partial charge in [-0.1, -0.05) is 12.1 Å². The maximum absolute atomic E-state index is 13.2. The van der Waals surface area contributed by atoms with Crippen molar-refractivity contribution in [3.05, 3.63) is 60.6 Å². The van der Waals surface area contributed by atoms with Crippen LogP contribution in [0, 0.1) is 0 Å². The van der Waals surface area contributed by atoms with Gasteiger partial charge in [-0.2, -0.15) is 23.0 Å². The van der Waals surface area contributed by atoms with E-state index >= 15 is 0 Å². The summed E-state index contributed by atoms with van der Waals surface area (Å²) < 4.78 is 46.1. The maximum Gasteiger partial charge on any atom is 0.435 e. The molecular weight excluding hydrogens is 423 g/mol. The lowest BCUT2D eigenvalue weighted by Crippen LogP contribution is -2.27. The first-order chi connectivity index (χ1) is 15.0. The number of nitrogens with zero attached hydrogens (tertiary/aromatic N) is 3. The first-order valence-electron chi connectivity index (χ1n) is 9.70. The van der Waals surface area contributed by atoms with Gasteiger partial charge in [0.1, 0.15) is 11.4 Å². The summed E-state index contributed by atoms with van der Waals surface area (Å²) in [7, 11) is 0. The van der Waals surface area contributed by atoms with Crippen LogP contribution in [0.25, 0.3) is 22.2 Å². The number of anilines is 2. The predicted molar refractivity (Wildman–Crippen MR) is 114 cm³/mol. The molecule has 3 aromatic heterocycles. The first-order valence-corrected chi connectivity index (χ1v) is 9.70. The number of carbonyl (C=O) groups excluding carboxylic acids is 1. The van der Waals surface area contributed by atoms with Crippen LogP contribution in [0.15, 0.2) is 55.0 Å². The van der Waals surface area contributed by atoms with Gasteiger partial charge in [0.25, 0.3) is 0 Å². The third kappa shape index (κ3) is 4.58. The van der Waals surface area contributed by atoms with E-state index in [1.807, 2.05) is 6.07 Å². The normalized spacial score (nSPS) is 12.2. The molecule has 166 valence electrons. The van der Waals surface area contributed by atoms with E-state index < -0.39 is 23.4 Å². The van der Waals surface area contributed by atoms with E-state index in [-0.39, 0.29) is 11.5 Å². The minimum Gasteiger partial charge on any atom is -0.442 e. The van der Waals surface area contributed by atoms with Crippen molar-refractivity contribution in [1.82, 2.24) is 19.7 Å². The van der Waals surface area contributed by atoms with Gasteiger partial charge >= 0.3 is 12.3 Å². The molecule has 0 atom stereocenters. The SMILES string of the molecule is CC(C)(C)OC(=O)n1cc(-c2cc3cnc(Nc4ccccc4C(F)(F)F)cc3[nH]2)cn1. The number of aromatic nitrogens is 4. The number of alkyl halides is 3. The molecule has 32 heavy (non-hydrogen) atoms. The number of carbonyl (C=O) groups is 1. The molecule has 0 saturated heterocycles. The number of fused-ring (bicyclic) bond motifs is 1. The third-order valence-electron chi connectivity index (χ3n) is 4.47. The largest absolute Gasteiger partial charge is 0.442 e. The minimum absolute atomic E-state index is 0.0859. The fraction of sp³-hybridized carbons (Fsp3) is 0.227. The summed E-state index contributed by atoms with van der Waals surface area (Å²) in [5.74, 6) is 0.257. The molecule has 0 radical (unpaired) electrons. The van der Waals surface area contributed by atoms with Crippen molar-refractivity contribution in [3.8, 4) is 11.3 Å². The Bertz CT molecular complexity index is 1280. The standard InChI is InChI=1S/C22H20F3N5O2/c1-21(2,3)32-20(31)30-12-14(11-27-30)17-8-13-10-26-19(9-18(13)28-17)29-16-7-5-4-6-15(16)22(23,24)25/h4-12,28H,1-3H3,(H,26,29). The van der Waals surface area contributed by atoms with Crippen LogP contribution in [-0.4, -0.2) is 31.4 Å². The monoisotopic (exact) mass is 443 g/mol. The molecule has 0 amide bonds. The lowest BCUT2D eigenvalue weighted by Gasteiger charge is -2.18. The van der Waals surface area contributed by atoms with Crippen LogP contribution in [0.2, 0.25) is 0 Å². The Balaban J connectivity index is 1.59. The number of rotatable bonds is 3. The van der Waals surface area contributed by atoms with E-state index in [1.165, 1.54) is 30.6 Å². The van der Waals surface area contributed by atoms with Gasteiger partial charge in [0.2, 0.25) is 0 Å². The second-order valence-electron chi connectivity index (χ2n) is 8.16. The summed E-state index contributed by atoms with van der Waals surface area (Å²) in [6.45, 7) is 5.29. The summed E-state index contributed by atoms with van der Waals surface area (Å²) in [5, 5.41) is 7.52. The van der Waals surface area contributed by atoms with Crippen molar-refractivity contribution in [1.29, 1.82) is 0 Å². The second-order valence-corrected chi connectivity index (χ2v) is 8.16. The van der Waals surface area contributed by atoms with Crippen molar-refractivity contribution < 1.29 is 22.7 Å². The number of ether oxygens (including phenoxy) is 1. The molecule has 3 heterocycles. The molecule has 10 heteroatoms. The van der Waals surface area contributed by atoms with E-state index in [0.29, 0.717) is 16.8 Å². The Morgan fingerprint density at radius 3 is 2.59 bits per heavy atom. The van der Waals surface area contributed by atoms with Crippen molar-refractivity contribution in [3.63, 3.8) is 0 Å². The highest BCUT2D eigenvalue weighted by Crippen LogP contribution is 2.36. The average Bonchev–Trinajstić information content (AvgIpc) is 3.33. The molecule has 4 rings (SSSR count). The van der Waals surface area contributed by atoms with E-state index in [9.17, 15) is 18.0 Å². The summed E-state index contributed by atoms with van der Waals surface area (Å²) >= 11 is 0. The highest BCUT2D eigenvalue weighted by Gasteiger charge is 2.33. The fourth-order valence-corrected chi connectivity index (χ4v) is 3.10. The highest BCUT2D eigenvalue weighted by atomic mass is 19.4. The van der Waals surface area contributed by atoms with Gasteiger partial charge in [0, 0.05) is 35.1 Å². The Hall–Kier alpha value is -3.82. The summed E-state index contributed by atoms with van der Waals surface area (Å²) in [5.41, 5.74) is 0.464. The number of para-hydroxylation sites is 1. The zero-order valence-electron chi connectivity index (χ0n) is 17.5. The molecule has 0 aliphatic heterocycles. The Morgan fingerprint density at radius 2 is 1.88 bits per heavy atom. The number of nitrogens with one attached hydrogen (secondary N) is 2. The lowest BCUT2D eigenvalue weighted by molar-refractivity contribution is -0.136. The van der Waals surface area contributed by atoms with Crippen molar-refractivity contribution >= 4 is 28.5 Å². The van der Waals surface area contributed by atoms with Gasteiger partial charge in [-0.25, -0.2) is 9.78 Å². The molecule has 4 aromatic rings. The van der Waals surface area contributed by atoms with Crippen LogP contribution in [0.1, 0.15) is 26.3 Å². The first kappa shape index (κ1) is 21.4. The van der Waals surface area contributed by atoms with Gasteiger partial charge in [-0.3, -0.25) is 0 Å². The van der Waals surface area contributed by atoms with E-state index in [4.69, 9.17) is 4.74 Å². The molecule has 0 fully saturated rings. The van der Waals surface area contributed by atoms with E-state index in [1.54, 1.807) is 33.0 Å². The van der Waals surface area contributed by atoms with Crippen LogP contribution in [0.4, 0.5) is 29.5 Å². The second kappa shape index (κ2) is 7.70. The topological polar surface area (TPSA) is 84.8 Å². The molecule has 1 aromatic carbocycles. The molecule has 0 spiro atoms. The Labute approximate surface area is 181 Å². The van der Waals surface area contributed by atoms with Crippen LogP contribution >= 0.6 is 0 Å². The van der Waals surface area contributed by atoms with Crippen molar-refractivity contribution in [2.24, 2.45) is 0 Å². The quantitative estimate of drug-likeness (QED) is 0.407. The highest BCUT2D eigenvalue weighted by molar-refractivity contribution is 5.87. The number of hydrogen-bond acceptors (Lipinski definition) is 5. The van der Waals surface area contributed by atoms with Gasteiger partial charge < -0.3 is 15.0 Å². The summed E-state index contributed by atoms with van der Waals surface area (Å²) in [4.78, 5) is 19.6. The molecule has 2 N–H and O–H groups in total. The summed E-state index contributed by atoms with van der Waals surface area (Å²) in [6.07, 6.45) is -0.490. The zero-order valence-corrected chi connectivity index (χ0v) is 17.5. The smallest absolute Gasteiger partial charge is 0.435 e. The molecule has 0 unspecified atom stereocenters. The minimum atomic E-state index is -4.48. The molecule has 0 aliphatic rings. The van der Waals surface area contributed by atoms with Crippen molar-refractivity contribution in [2.45, 2.75) is 32.5 Å². The fourth-order valence-electron chi connectivity index (χ4n) is 3.10. The zero-order chi connectivity index (χ0) is 23.1. The Kier molecular flexibility index (Phi) is 5.15. The van der Waals surface area contributed by atoms with E-state index in [2.05, 4.69) is 20.4 Å². The van der Waals surface area contributed by atoms with Crippen LogP contribution in [-0.2, 0) is 10.9 Å². The molecule has 0 saturated carbocycles. The number of H-pyrrole nitrogens is 1. The van der Waals surface area contributed by atoms with Gasteiger partial charge in [-0.05, 0) is 39.0 Å². The maximum atomic E-state index is 13.2. The van der Waals surface area contributed by atoms with Crippen LogP contribution in [0.3, 0.4) is 0 Å². The molecule has 7 nitrogen and oxygen atoms in total. The van der Waals surface area contributed by atoms with Gasteiger partial charge in [0.05, 0.1) is 23.0 Å². The van der Waals surface area contributed by atoms with Gasteiger partial charge in [0.15, 0.2) is 0 Å². The summed E-state index contributed by atoms with van der Waals surface area (Å²) in [6, 6.07) is 8.64. The van der Waals surface area contributed by atoms with Crippen LogP contribution < -0.4 is 5.32 Å². The molecule has 0 aliphatic carbocycles. The number of hydrogen-bond donors (Lipinski definition) is 2. The number of halogens is 3. The number of benzene rings is 1. The molecular formula is C22H20F3N5O2. The van der Waals surface area contributed by atoms with Crippen LogP contribution in [0.5, 0.6) is 0 Å².